The van der Waals surface area contributed by atoms with Crippen LogP contribution in [0.3, 0.4) is 0 Å². The van der Waals surface area contributed by atoms with Crippen molar-refractivity contribution in [2.45, 2.75) is 45.8 Å². The molecule has 0 aliphatic carbocycles. The Kier molecular flexibility index (Phi) is 4.52. The second-order valence-corrected chi connectivity index (χ2v) is 5.26. The second kappa shape index (κ2) is 5.73. The van der Waals surface area contributed by atoms with Crippen LogP contribution < -0.4 is 5.32 Å². The van der Waals surface area contributed by atoms with Crippen molar-refractivity contribution in [3.05, 3.63) is 17.5 Å². The van der Waals surface area contributed by atoms with Gasteiger partial charge in [0.05, 0.1) is 6.20 Å². The van der Waals surface area contributed by atoms with Gasteiger partial charge in [0, 0.05) is 12.1 Å². The third-order valence-electron chi connectivity index (χ3n) is 2.35. The molecule has 1 heterocycles. The van der Waals surface area contributed by atoms with Crippen LogP contribution >= 0.6 is 0 Å². The van der Waals surface area contributed by atoms with E-state index >= 15 is 0 Å². The monoisotopic (exact) mass is 269 g/mol. The van der Waals surface area contributed by atoms with E-state index in [9.17, 15) is 9.59 Å². The van der Waals surface area contributed by atoms with Gasteiger partial charge in [-0.05, 0) is 33.3 Å². The molecule has 0 aliphatic rings. The van der Waals surface area contributed by atoms with Crippen LogP contribution in [-0.2, 0) is 16.0 Å². The van der Waals surface area contributed by atoms with E-state index in [2.05, 4.69) is 15.5 Å². The highest BCUT2D eigenvalue weighted by atomic mass is 16.6. The fraction of sp³-hybridized carbons (Fsp3) is 0.583. The molecular formula is C12H19N3O4. The number of rotatable bonds is 4. The van der Waals surface area contributed by atoms with Crippen LogP contribution in [0.5, 0.6) is 0 Å². The van der Waals surface area contributed by atoms with E-state index in [0.29, 0.717) is 0 Å². The zero-order chi connectivity index (χ0) is 14.6. The Balaban J connectivity index is 2.67. The van der Waals surface area contributed by atoms with Gasteiger partial charge in [0.2, 0.25) is 0 Å². The molecule has 19 heavy (non-hydrogen) atoms. The highest BCUT2D eigenvalue weighted by molar-refractivity contribution is 5.80. The number of alkyl carbamates (subject to hydrolysis) is 1. The number of hydrogen-bond acceptors (Lipinski definition) is 4. The lowest BCUT2D eigenvalue weighted by Crippen LogP contribution is -2.44. The molecule has 1 rings (SSSR count). The first-order valence-electron chi connectivity index (χ1n) is 5.90. The van der Waals surface area contributed by atoms with Crippen LogP contribution in [0.25, 0.3) is 0 Å². The van der Waals surface area contributed by atoms with Crippen LogP contribution in [0.2, 0.25) is 0 Å². The van der Waals surface area contributed by atoms with E-state index in [1.807, 2.05) is 0 Å². The molecule has 0 fully saturated rings. The summed E-state index contributed by atoms with van der Waals surface area (Å²) in [4.78, 5) is 22.7. The number of amides is 1. The van der Waals surface area contributed by atoms with E-state index in [-0.39, 0.29) is 6.42 Å². The average Bonchev–Trinajstić information content (AvgIpc) is 2.60. The average molecular weight is 269 g/mol. The molecule has 7 nitrogen and oxygen atoms in total. The number of carboxylic acids is 1. The van der Waals surface area contributed by atoms with Crippen LogP contribution in [0.1, 0.15) is 32.0 Å². The smallest absolute Gasteiger partial charge is 0.408 e. The summed E-state index contributed by atoms with van der Waals surface area (Å²) in [5, 5.41) is 18.0. The van der Waals surface area contributed by atoms with Gasteiger partial charge < -0.3 is 15.2 Å². The summed E-state index contributed by atoms with van der Waals surface area (Å²) >= 11 is 0. The number of nitrogens with zero attached hydrogens (tertiary/aromatic N) is 1. The van der Waals surface area contributed by atoms with Crippen molar-refractivity contribution in [1.82, 2.24) is 15.5 Å². The van der Waals surface area contributed by atoms with Crippen LogP contribution in [0.4, 0.5) is 4.79 Å². The predicted molar refractivity (Wildman–Crippen MR) is 67.8 cm³/mol. The molecule has 1 amide bonds. The lowest BCUT2D eigenvalue weighted by molar-refractivity contribution is -0.139. The first kappa shape index (κ1) is 15.0. The normalized spacial score (nSPS) is 12.8. The SMILES string of the molecule is Cc1[nH]ncc1CC(NC(=O)OC(C)(C)C)C(=O)O. The molecular weight excluding hydrogens is 250 g/mol. The van der Waals surface area contributed by atoms with Gasteiger partial charge in [-0.15, -0.1) is 0 Å². The minimum atomic E-state index is -1.12. The Hall–Kier alpha value is -2.05. The molecule has 0 spiro atoms. The summed E-state index contributed by atoms with van der Waals surface area (Å²) in [6.45, 7) is 6.92. The van der Waals surface area contributed by atoms with Crippen molar-refractivity contribution in [3.8, 4) is 0 Å². The minimum Gasteiger partial charge on any atom is -0.480 e. The number of nitrogens with one attached hydrogen (secondary N) is 2. The largest absolute Gasteiger partial charge is 0.480 e. The first-order valence-corrected chi connectivity index (χ1v) is 5.90. The van der Waals surface area contributed by atoms with Crippen LogP contribution in [-0.4, -0.2) is 39.0 Å². The van der Waals surface area contributed by atoms with E-state index in [1.54, 1.807) is 33.9 Å². The first-order chi connectivity index (χ1) is 8.69. The maximum absolute atomic E-state index is 11.6. The van der Waals surface area contributed by atoms with E-state index in [0.717, 1.165) is 11.3 Å². The number of aryl methyl sites for hydroxylation is 1. The number of hydrogen-bond donors (Lipinski definition) is 3. The van der Waals surface area contributed by atoms with E-state index in [1.165, 1.54) is 0 Å². The molecule has 106 valence electrons. The Morgan fingerprint density at radius 1 is 1.53 bits per heavy atom. The fourth-order valence-corrected chi connectivity index (χ4v) is 1.45. The zero-order valence-corrected chi connectivity index (χ0v) is 11.5. The zero-order valence-electron chi connectivity index (χ0n) is 11.5. The molecule has 1 atom stereocenters. The molecule has 3 N–H and O–H groups in total. The lowest BCUT2D eigenvalue weighted by Gasteiger charge is -2.21. The third-order valence-corrected chi connectivity index (χ3v) is 2.35. The molecule has 0 saturated heterocycles. The van der Waals surface area contributed by atoms with Crippen molar-refractivity contribution < 1.29 is 19.4 Å². The molecule has 1 unspecified atom stereocenters. The molecule has 0 radical (unpaired) electrons. The minimum absolute atomic E-state index is 0.150. The van der Waals surface area contributed by atoms with Gasteiger partial charge >= 0.3 is 12.1 Å². The Morgan fingerprint density at radius 3 is 2.58 bits per heavy atom. The third kappa shape index (κ3) is 4.99. The lowest BCUT2D eigenvalue weighted by atomic mass is 10.1. The van der Waals surface area contributed by atoms with E-state index in [4.69, 9.17) is 9.84 Å². The van der Waals surface area contributed by atoms with Crippen molar-refractivity contribution in [1.29, 1.82) is 0 Å². The van der Waals surface area contributed by atoms with Crippen LogP contribution in [0, 0.1) is 6.92 Å². The van der Waals surface area contributed by atoms with Gasteiger partial charge in [0.15, 0.2) is 0 Å². The molecule has 1 aromatic heterocycles. The van der Waals surface area contributed by atoms with Crippen molar-refractivity contribution in [2.75, 3.05) is 0 Å². The molecule has 0 saturated carbocycles. The highest BCUT2D eigenvalue weighted by Gasteiger charge is 2.24. The number of carbonyl (C=O) groups is 2. The van der Waals surface area contributed by atoms with Gasteiger partial charge in [-0.2, -0.15) is 5.10 Å². The van der Waals surface area contributed by atoms with Gasteiger partial charge in [-0.1, -0.05) is 0 Å². The summed E-state index contributed by atoms with van der Waals surface area (Å²) < 4.78 is 5.03. The maximum Gasteiger partial charge on any atom is 0.408 e. The molecule has 0 bridgehead atoms. The summed E-state index contributed by atoms with van der Waals surface area (Å²) in [5.41, 5.74) is 0.847. The molecule has 0 aliphatic heterocycles. The van der Waals surface area contributed by atoms with Gasteiger partial charge in [0.1, 0.15) is 11.6 Å². The van der Waals surface area contributed by atoms with Crippen molar-refractivity contribution in [2.24, 2.45) is 0 Å². The Morgan fingerprint density at radius 2 is 2.16 bits per heavy atom. The second-order valence-electron chi connectivity index (χ2n) is 5.26. The number of carbonyl (C=O) groups excluding carboxylic acids is 1. The van der Waals surface area contributed by atoms with Gasteiger partial charge in [-0.3, -0.25) is 5.10 Å². The summed E-state index contributed by atoms with van der Waals surface area (Å²) in [5.74, 6) is -1.12. The number of carboxylic acid groups (broad SMARTS) is 1. The van der Waals surface area contributed by atoms with Gasteiger partial charge in [-0.25, -0.2) is 9.59 Å². The Labute approximate surface area is 111 Å². The number of aromatic amines is 1. The highest BCUT2D eigenvalue weighted by Crippen LogP contribution is 2.09. The van der Waals surface area contributed by atoms with E-state index < -0.39 is 23.7 Å². The summed E-state index contributed by atoms with van der Waals surface area (Å²) in [6.07, 6.45) is 0.944. The number of aliphatic carboxylic acids is 1. The fourth-order valence-electron chi connectivity index (χ4n) is 1.45. The van der Waals surface area contributed by atoms with Gasteiger partial charge in [0.25, 0.3) is 0 Å². The summed E-state index contributed by atoms with van der Waals surface area (Å²) in [6, 6.07) is -1.05. The van der Waals surface area contributed by atoms with Crippen LogP contribution in [0.15, 0.2) is 6.20 Å². The van der Waals surface area contributed by atoms with Crippen molar-refractivity contribution >= 4 is 12.1 Å². The molecule has 7 heteroatoms. The molecule has 1 aromatic rings. The summed E-state index contributed by atoms with van der Waals surface area (Å²) in [7, 11) is 0. The quantitative estimate of drug-likeness (QED) is 0.762. The molecule has 0 aromatic carbocycles. The predicted octanol–water partition coefficient (Wildman–Crippen LogP) is 1.24. The number of ether oxygens (including phenoxy) is 1. The standard InChI is InChI=1S/C12H19N3O4/c1-7-8(6-13-15-7)5-9(10(16)17)14-11(18)19-12(2,3)4/h6,9H,5H2,1-4H3,(H,13,15)(H,14,18)(H,16,17). The number of aromatic nitrogens is 2. The number of H-pyrrole nitrogens is 1. The topological polar surface area (TPSA) is 104 Å². The van der Waals surface area contributed by atoms with Crippen molar-refractivity contribution in [3.63, 3.8) is 0 Å². The Bertz CT molecular complexity index is 462. The maximum atomic E-state index is 11.6.